The number of rotatable bonds is 0. The van der Waals surface area contributed by atoms with Crippen LogP contribution >= 0.6 is 11.8 Å². The van der Waals surface area contributed by atoms with E-state index in [1.165, 1.54) is 0 Å². The van der Waals surface area contributed by atoms with Crippen molar-refractivity contribution in [2.75, 3.05) is 31.6 Å². The van der Waals surface area contributed by atoms with Gasteiger partial charge in [0.05, 0.1) is 20.1 Å². The van der Waals surface area contributed by atoms with Gasteiger partial charge in [-0.15, -0.1) is 0 Å². The van der Waals surface area contributed by atoms with Crippen LogP contribution in [-0.2, 0) is 0 Å². The molecule has 0 spiro atoms. The maximum Gasteiger partial charge on any atom is 0.0874 e. The molecular formula is C5H11NOS. The lowest BCUT2D eigenvalue weighted by molar-refractivity contribution is -0.856. The lowest BCUT2D eigenvalue weighted by atomic mass is 10.5. The normalized spacial score (nSPS) is 27.8. The zero-order valence-corrected chi connectivity index (χ0v) is 5.91. The van der Waals surface area contributed by atoms with E-state index in [4.69, 9.17) is 0 Å². The lowest BCUT2D eigenvalue weighted by Crippen LogP contribution is -2.44. The molecule has 1 fully saturated rings. The fraction of sp³-hybridized carbons (Fsp3) is 1.00. The van der Waals surface area contributed by atoms with Gasteiger partial charge in [0.1, 0.15) is 0 Å². The summed E-state index contributed by atoms with van der Waals surface area (Å²) >= 11 is 1.88. The number of hydroxylamine groups is 3. The maximum atomic E-state index is 11.0. The maximum absolute atomic E-state index is 11.0. The second-order valence-corrected chi connectivity index (χ2v) is 3.58. The molecule has 0 aromatic heterocycles. The quantitative estimate of drug-likeness (QED) is 0.358. The van der Waals surface area contributed by atoms with Gasteiger partial charge in [-0.05, 0) is 0 Å². The highest BCUT2D eigenvalue weighted by atomic mass is 32.2. The first-order valence-corrected chi connectivity index (χ1v) is 3.99. The Morgan fingerprint density at radius 3 is 2.12 bits per heavy atom. The van der Waals surface area contributed by atoms with Crippen LogP contribution in [0.3, 0.4) is 0 Å². The molecule has 2 nitrogen and oxygen atoms in total. The van der Waals surface area contributed by atoms with E-state index in [2.05, 4.69) is 0 Å². The Bertz CT molecular complexity index is 76.5. The van der Waals surface area contributed by atoms with E-state index >= 15 is 0 Å². The Morgan fingerprint density at radius 2 is 1.88 bits per heavy atom. The van der Waals surface area contributed by atoms with Gasteiger partial charge in [0.2, 0.25) is 0 Å². The molecule has 0 radical (unpaired) electrons. The van der Waals surface area contributed by atoms with Crippen LogP contribution in [0.5, 0.6) is 0 Å². The van der Waals surface area contributed by atoms with Gasteiger partial charge in [0.15, 0.2) is 0 Å². The van der Waals surface area contributed by atoms with Crippen LogP contribution in [0.25, 0.3) is 0 Å². The zero-order valence-electron chi connectivity index (χ0n) is 5.09. The zero-order chi connectivity index (χ0) is 6.04. The van der Waals surface area contributed by atoms with Crippen LogP contribution in [-0.4, -0.2) is 36.3 Å². The minimum absolute atomic E-state index is 0.0208. The average molecular weight is 133 g/mol. The van der Waals surface area contributed by atoms with Gasteiger partial charge in [-0.3, -0.25) is 0 Å². The van der Waals surface area contributed by atoms with E-state index in [0.717, 1.165) is 24.6 Å². The van der Waals surface area contributed by atoms with Crippen molar-refractivity contribution in [1.29, 1.82) is 0 Å². The van der Waals surface area contributed by atoms with Gasteiger partial charge < -0.3 is 9.85 Å². The molecule has 0 unspecified atom stereocenters. The first-order chi connectivity index (χ1) is 3.71. The number of hydrogen-bond acceptors (Lipinski definition) is 2. The second kappa shape index (κ2) is 2.25. The van der Waals surface area contributed by atoms with Crippen LogP contribution in [0.2, 0.25) is 0 Å². The molecule has 48 valence electrons. The van der Waals surface area contributed by atoms with Gasteiger partial charge in [-0.25, -0.2) is 0 Å². The Kier molecular flexibility index (Phi) is 1.80. The molecule has 3 heteroatoms. The van der Waals surface area contributed by atoms with Crippen molar-refractivity contribution < 1.29 is 4.65 Å². The molecule has 0 atom stereocenters. The van der Waals surface area contributed by atoms with E-state index in [1.807, 2.05) is 11.8 Å². The molecular weight excluding hydrogens is 122 g/mol. The summed E-state index contributed by atoms with van der Waals surface area (Å²) in [5, 5.41) is 11.0. The fourth-order valence-electron chi connectivity index (χ4n) is 0.729. The predicted molar refractivity (Wildman–Crippen MR) is 36.6 cm³/mol. The molecule has 1 aliphatic heterocycles. The largest absolute Gasteiger partial charge is 0.633 e. The molecule has 0 aliphatic carbocycles. The number of nitrogens with zero attached hydrogens (tertiary/aromatic N) is 1. The Morgan fingerprint density at radius 1 is 1.38 bits per heavy atom. The highest BCUT2D eigenvalue weighted by Gasteiger charge is 2.13. The van der Waals surface area contributed by atoms with Gasteiger partial charge in [-0.2, -0.15) is 11.8 Å². The molecule has 0 aromatic rings. The summed E-state index contributed by atoms with van der Waals surface area (Å²) in [5.41, 5.74) is 0. The fourth-order valence-corrected chi connectivity index (χ4v) is 1.96. The lowest BCUT2D eigenvalue weighted by Gasteiger charge is -2.41. The van der Waals surface area contributed by atoms with Gasteiger partial charge in [0, 0.05) is 11.5 Å². The van der Waals surface area contributed by atoms with E-state index < -0.39 is 0 Å². The van der Waals surface area contributed by atoms with Crippen molar-refractivity contribution in [3.8, 4) is 0 Å². The standard InChI is InChI=1S/C5H11NOS/c1-6(7)2-4-8-5-3-6/h2-5H2,1H3. The van der Waals surface area contributed by atoms with Crippen molar-refractivity contribution >= 4 is 11.8 Å². The molecule has 8 heavy (non-hydrogen) atoms. The summed E-state index contributed by atoms with van der Waals surface area (Å²) in [6, 6.07) is 0. The summed E-state index contributed by atoms with van der Waals surface area (Å²) in [6.45, 7) is 1.59. The summed E-state index contributed by atoms with van der Waals surface area (Å²) < 4.78 is -0.0208. The number of quaternary nitrogens is 1. The topological polar surface area (TPSA) is 23.1 Å². The van der Waals surface area contributed by atoms with Crippen molar-refractivity contribution in [3.63, 3.8) is 0 Å². The molecule has 1 saturated heterocycles. The third-order valence-corrected chi connectivity index (χ3v) is 2.36. The molecule has 1 aliphatic rings. The van der Waals surface area contributed by atoms with Gasteiger partial charge in [-0.1, -0.05) is 0 Å². The first kappa shape index (κ1) is 6.39. The number of hydrogen-bond donors (Lipinski definition) is 0. The molecule has 0 bridgehead atoms. The van der Waals surface area contributed by atoms with Crippen LogP contribution < -0.4 is 0 Å². The van der Waals surface area contributed by atoms with Crippen LogP contribution in [0.1, 0.15) is 0 Å². The second-order valence-electron chi connectivity index (χ2n) is 2.36. The van der Waals surface area contributed by atoms with Crippen molar-refractivity contribution in [2.45, 2.75) is 0 Å². The Labute approximate surface area is 54.0 Å². The van der Waals surface area contributed by atoms with Crippen LogP contribution in [0.4, 0.5) is 0 Å². The monoisotopic (exact) mass is 133 g/mol. The molecule has 1 rings (SSSR count). The van der Waals surface area contributed by atoms with E-state index in [0.29, 0.717) is 0 Å². The van der Waals surface area contributed by atoms with Crippen LogP contribution in [0, 0.1) is 5.21 Å². The van der Waals surface area contributed by atoms with Crippen molar-refractivity contribution in [3.05, 3.63) is 5.21 Å². The molecule has 0 saturated carbocycles. The summed E-state index contributed by atoms with van der Waals surface area (Å²) in [7, 11) is 1.75. The highest BCUT2D eigenvalue weighted by Crippen LogP contribution is 2.13. The first-order valence-electron chi connectivity index (χ1n) is 2.84. The molecule has 1 heterocycles. The minimum atomic E-state index is -0.0208. The third kappa shape index (κ3) is 1.65. The van der Waals surface area contributed by atoms with Crippen LogP contribution in [0.15, 0.2) is 0 Å². The van der Waals surface area contributed by atoms with E-state index in [-0.39, 0.29) is 4.65 Å². The van der Waals surface area contributed by atoms with E-state index in [9.17, 15) is 5.21 Å². The Hall–Kier alpha value is 0.270. The minimum Gasteiger partial charge on any atom is -0.633 e. The summed E-state index contributed by atoms with van der Waals surface area (Å²) in [4.78, 5) is 0. The highest BCUT2D eigenvalue weighted by molar-refractivity contribution is 7.99. The van der Waals surface area contributed by atoms with Gasteiger partial charge >= 0.3 is 0 Å². The van der Waals surface area contributed by atoms with Crippen molar-refractivity contribution in [1.82, 2.24) is 0 Å². The molecule has 0 aromatic carbocycles. The molecule has 0 N–H and O–H groups in total. The Balaban J connectivity index is 2.33. The smallest absolute Gasteiger partial charge is 0.0874 e. The predicted octanol–water partition coefficient (Wildman–Crippen LogP) is 0.678. The third-order valence-electron chi connectivity index (χ3n) is 1.42. The SMILES string of the molecule is C[N+]1([O-])CCSCC1. The van der Waals surface area contributed by atoms with Gasteiger partial charge in [0.25, 0.3) is 0 Å². The average Bonchev–Trinajstić information content (AvgIpc) is 1.65. The number of thioether (sulfide) groups is 1. The molecule has 0 amide bonds. The van der Waals surface area contributed by atoms with E-state index in [1.54, 1.807) is 7.05 Å². The summed E-state index contributed by atoms with van der Waals surface area (Å²) in [6.07, 6.45) is 0. The summed E-state index contributed by atoms with van der Waals surface area (Å²) in [5.74, 6) is 2.08. The van der Waals surface area contributed by atoms with Crippen molar-refractivity contribution in [2.24, 2.45) is 0 Å².